The summed E-state index contributed by atoms with van der Waals surface area (Å²) in [6.07, 6.45) is 0.284. The van der Waals surface area contributed by atoms with Crippen LogP contribution >= 0.6 is 11.3 Å². The van der Waals surface area contributed by atoms with E-state index in [1.807, 2.05) is 25.2 Å². The van der Waals surface area contributed by atoms with Crippen LogP contribution in [0.15, 0.2) is 12.1 Å². The average Bonchev–Trinajstić information content (AvgIpc) is 2.73. The topological polar surface area (TPSA) is 30.5 Å². The van der Waals surface area contributed by atoms with Gasteiger partial charge in [0.25, 0.3) is 0 Å². The van der Waals surface area contributed by atoms with Crippen molar-refractivity contribution in [3.05, 3.63) is 21.9 Å². The molecule has 1 aromatic rings. The zero-order chi connectivity index (χ0) is 12.5. The normalized spacial score (nSPS) is 11.3. The van der Waals surface area contributed by atoms with Crippen LogP contribution in [0.4, 0.5) is 0 Å². The Kier molecular flexibility index (Phi) is 7.44. The molecule has 0 aliphatic heterocycles. The summed E-state index contributed by atoms with van der Waals surface area (Å²) >= 11 is 1.81. The second-order valence-electron chi connectivity index (χ2n) is 4.12. The fourth-order valence-corrected chi connectivity index (χ4v) is 2.28. The van der Waals surface area contributed by atoms with Crippen LogP contribution in [-0.4, -0.2) is 25.9 Å². The van der Waals surface area contributed by atoms with Gasteiger partial charge in [-0.15, -0.1) is 11.3 Å². The van der Waals surface area contributed by atoms with Crippen molar-refractivity contribution < 1.29 is 9.47 Å². The maximum atomic E-state index is 5.55. The van der Waals surface area contributed by atoms with Crippen LogP contribution in [0.25, 0.3) is 0 Å². The summed E-state index contributed by atoms with van der Waals surface area (Å²) in [4.78, 5) is 2.64. The molecule has 0 fully saturated rings. The molecule has 0 aliphatic carbocycles. The second-order valence-corrected chi connectivity index (χ2v) is 5.37. The Labute approximate surface area is 108 Å². The molecule has 0 aromatic carbocycles. The van der Waals surface area contributed by atoms with Gasteiger partial charge in [-0.3, -0.25) is 0 Å². The summed E-state index contributed by atoms with van der Waals surface area (Å²) < 4.78 is 11.0. The second kappa shape index (κ2) is 8.64. The SMILES string of the molecule is CCNCc1ccc(COCCOC(C)C)s1. The quantitative estimate of drug-likeness (QED) is 0.690. The van der Waals surface area contributed by atoms with E-state index in [9.17, 15) is 0 Å². The van der Waals surface area contributed by atoms with Crippen LogP contribution in [0.3, 0.4) is 0 Å². The van der Waals surface area contributed by atoms with Gasteiger partial charge in [0.2, 0.25) is 0 Å². The molecule has 0 saturated carbocycles. The molecule has 98 valence electrons. The highest BCUT2D eigenvalue weighted by Gasteiger charge is 2.00. The van der Waals surface area contributed by atoms with E-state index in [-0.39, 0.29) is 6.10 Å². The average molecular weight is 257 g/mol. The zero-order valence-electron chi connectivity index (χ0n) is 11.0. The first-order valence-electron chi connectivity index (χ1n) is 6.20. The van der Waals surface area contributed by atoms with Crippen molar-refractivity contribution in [3.8, 4) is 0 Å². The van der Waals surface area contributed by atoms with Crippen molar-refractivity contribution in [2.75, 3.05) is 19.8 Å². The zero-order valence-corrected chi connectivity index (χ0v) is 11.8. The molecule has 1 aromatic heterocycles. The van der Waals surface area contributed by atoms with Crippen LogP contribution in [0.5, 0.6) is 0 Å². The molecular formula is C13H23NO2S. The molecule has 0 bridgehead atoms. The van der Waals surface area contributed by atoms with Gasteiger partial charge in [0.15, 0.2) is 0 Å². The van der Waals surface area contributed by atoms with E-state index in [1.54, 1.807) is 0 Å². The smallest absolute Gasteiger partial charge is 0.0810 e. The Balaban J connectivity index is 2.12. The molecule has 0 radical (unpaired) electrons. The van der Waals surface area contributed by atoms with E-state index >= 15 is 0 Å². The third-order valence-electron chi connectivity index (χ3n) is 2.19. The number of hydrogen-bond donors (Lipinski definition) is 1. The molecule has 1 heterocycles. The van der Waals surface area contributed by atoms with Crippen molar-refractivity contribution >= 4 is 11.3 Å². The largest absolute Gasteiger partial charge is 0.376 e. The van der Waals surface area contributed by atoms with Gasteiger partial charge < -0.3 is 14.8 Å². The molecule has 0 unspecified atom stereocenters. The summed E-state index contributed by atoms with van der Waals surface area (Å²) in [5.74, 6) is 0. The van der Waals surface area contributed by atoms with Crippen LogP contribution < -0.4 is 5.32 Å². The van der Waals surface area contributed by atoms with Gasteiger partial charge in [0.1, 0.15) is 0 Å². The lowest BCUT2D eigenvalue weighted by Gasteiger charge is -2.07. The van der Waals surface area contributed by atoms with E-state index < -0.39 is 0 Å². The predicted octanol–water partition coefficient (Wildman–Crippen LogP) is 2.80. The molecule has 0 amide bonds. The fraction of sp³-hybridized carbons (Fsp3) is 0.692. The molecule has 17 heavy (non-hydrogen) atoms. The molecule has 1 rings (SSSR count). The number of thiophene rings is 1. The molecule has 0 spiro atoms. The summed E-state index contributed by atoms with van der Waals surface area (Å²) in [6.45, 7) is 10.2. The van der Waals surface area contributed by atoms with E-state index in [0.717, 1.165) is 13.1 Å². The van der Waals surface area contributed by atoms with Crippen molar-refractivity contribution in [2.45, 2.75) is 40.0 Å². The Hall–Kier alpha value is -0.420. The van der Waals surface area contributed by atoms with Crippen LogP contribution in [0.1, 0.15) is 30.5 Å². The molecular weight excluding hydrogens is 234 g/mol. The summed E-state index contributed by atoms with van der Waals surface area (Å²) in [7, 11) is 0. The lowest BCUT2D eigenvalue weighted by Crippen LogP contribution is -2.10. The Morgan fingerprint density at radius 1 is 1.24 bits per heavy atom. The van der Waals surface area contributed by atoms with Gasteiger partial charge in [0, 0.05) is 16.3 Å². The highest BCUT2D eigenvalue weighted by Crippen LogP contribution is 2.17. The number of ether oxygens (including phenoxy) is 2. The monoisotopic (exact) mass is 257 g/mol. The number of nitrogens with one attached hydrogen (secondary N) is 1. The van der Waals surface area contributed by atoms with Gasteiger partial charge in [-0.1, -0.05) is 6.92 Å². The Morgan fingerprint density at radius 2 is 2.00 bits per heavy atom. The Morgan fingerprint density at radius 3 is 2.71 bits per heavy atom. The van der Waals surface area contributed by atoms with Gasteiger partial charge in [-0.25, -0.2) is 0 Å². The Bertz CT molecular complexity index is 299. The third kappa shape index (κ3) is 6.78. The maximum Gasteiger partial charge on any atom is 0.0810 e. The summed E-state index contributed by atoms with van der Waals surface area (Å²) in [5, 5.41) is 3.32. The van der Waals surface area contributed by atoms with Crippen LogP contribution in [0.2, 0.25) is 0 Å². The standard InChI is InChI=1S/C13H23NO2S/c1-4-14-9-12-5-6-13(17-12)10-15-7-8-16-11(2)3/h5-6,11,14H,4,7-10H2,1-3H3. The minimum atomic E-state index is 0.284. The third-order valence-corrected chi connectivity index (χ3v) is 3.25. The van der Waals surface area contributed by atoms with Crippen molar-refractivity contribution in [1.82, 2.24) is 5.32 Å². The van der Waals surface area contributed by atoms with Crippen molar-refractivity contribution in [1.29, 1.82) is 0 Å². The first kappa shape index (κ1) is 14.6. The minimum absolute atomic E-state index is 0.284. The van der Waals surface area contributed by atoms with E-state index in [2.05, 4.69) is 24.4 Å². The first-order valence-corrected chi connectivity index (χ1v) is 7.01. The lowest BCUT2D eigenvalue weighted by atomic mass is 10.4. The molecule has 0 saturated heterocycles. The minimum Gasteiger partial charge on any atom is -0.376 e. The molecule has 0 aliphatic rings. The molecule has 4 heteroatoms. The molecule has 0 atom stereocenters. The summed E-state index contributed by atoms with van der Waals surface area (Å²) in [5.41, 5.74) is 0. The molecule has 1 N–H and O–H groups in total. The molecule has 3 nitrogen and oxygen atoms in total. The fourth-order valence-electron chi connectivity index (χ4n) is 1.36. The predicted molar refractivity (Wildman–Crippen MR) is 72.4 cm³/mol. The highest BCUT2D eigenvalue weighted by molar-refractivity contribution is 7.11. The first-order chi connectivity index (χ1) is 8.22. The van der Waals surface area contributed by atoms with E-state index in [4.69, 9.17) is 9.47 Å². The van der Waals surface area contributed by atoms with Crippen LogP contribution in [-0.2, 0) is 22.6 Å². The van der Waals surface area contributed by atoms with Gasteiger partial charge in [-0.2, -0.15) is 0 Å². The number of rotatable bonds is 9. The van der Waals surface area contributed by atoms with Crippen molar-refractivity contribution in [3.63, 3.8) is 0 Å². The van der Waals surface area contributed by atoms with Gasteiger partial charge in [-0.05, 0) is 32.5 Å². The maximum absolute atomic E-state index is 5.55. The number of hydrogen-bond acceptors (Lipinski definition) is 4. The van der Waals surface area contributed by atoms with E-state index in [1.165, 1.54) is 9.75 Å². The van der Waals surface area contributed by atoms with Crippen molar-refractivity contribution in [2.24, 2.45) is 0 Å². The van der Waals surface area contributed by atoms with E-state index in [0.29, 0.717) is 19.8 Å². The van der Waals surface area contributed by atoms with Crippen LogP contribution in [0, 0.1) is 0 Å². The highest BCUT2D eigenvalue weighted by atomic mass is 32.1. The van der Waals surface area contributed by atoms with Gasteiger partial charge in [0.05, 0.1) is 25.9 Å². The van der Waals surface area contributed by atoms with Gasteiger partial charge >= 0.3 is 0 Å². The lowest BCUT2D eigenvalue weighted by molar-refractivity contribution is 0.0149. The summed E-state index contributed by atoms with van der Waals surface area (Å²) in [6, 6.07) is 4.30.